The molecule has 2 aromatic carbocycles. The van der Waals surface area contributed by atoms with Crippen molar-refractivity contribution < 1.29 is 22.7 Å². The molecule has 1 fully saturated rings. The number of ether oxygens (including phenoxy) is 1. The molecule has 4 atom stereocenters. The second-order valence-electron chi connectivity index (χ2n) is 10.6. The zero-order valence-corrected chi connectivity index (χ0v) is 25.5. The number of pyridine rings is 1. The minimum Gasteiger partial charge on any atom is -0.495 e. The lowest BCUT2D eigenvalue weighted by Crippen LogP contribution is -2.59. The lowest BCUT2D eigenvalue weighted by molar-refractivity contribution is -0.124. The summed E-state index contributed by atoms with van der Waals surface area (Å²) in [5.41, 5.74) is 2.04. The summed E-state index contributed by atoms with van der Waals surface area (Å²) in [7, 11) is -2.04. The van der Waals surface area contributed by atoms with Crippen LogP contribution in [0.4, 0.5) is 0 Å². The highest BCUT2D eigenvalue weighted by atomic mass is 35.5. The van der Waals surface area contributed by atoms with E-state index in [-0.39, 0.29) is 18.4 Å². The molecule has 1 aliphatic carbocycles. The molecule has 0 saturated heterocycles. The minimum absolute atomic E-state index is 0.0955. The quantitative estimate of drug-likeness (QED) is 0.367. The van der Waals surface area contributed by atoms with E-state index in [4.69, 9.17) is 27.9 Å². The van der Waals surface area contributed by atoms with Crippen LogP contribution in [0, 0.1) is 0 Å². The highest BCUT2D eigenvalue weighted by molar-refractivity contribution is 7.88. The maximum atomic E-state index is 14.3. The lowest BCUT2D eigenvalue weighted by atomic mass is 9.76. The standard InChI is InChI=1S/C30H32Cl2N4O5S/c1-41-26-12-7-15-33-24(26)17-34-29(37)27-19-8-3-4-9-20(19)30(38)36(28(27)21-14-13-18(31)16-22(21)32)25-11-6-5-10-23(25)35-42(2,39)40/h3-4,7-9,12-16,23,25,27-28,35H,5-6,10-11,17H2,1-2H3,(H,34,37)/t23-,25-,27+,28-/m0/s1. The average Bonchev–Trinajstić information content (AvgIpc) is 2.96. The number of rotatable bonds is 8. The van der Waals surface area contributed by atoms with Gasteiger partial charge in [-0.05, 0) is 54.3 Å². The van der Waals surface area contributed by atoms with E-state index < -0.39 is 34.1 Å². The van der Waals surface area contributed by atoms with Crippen molar-refractivity contribution in [1.82, 2.24) is 19.9 Å². The van der Waals surface area contributed by atoms with E-state index in [2.05, 4.69) is 15.0 Å². The first kappa shape index (κ1) is 30.3. The Hall–Kier alpha value is -3.18. The summed E-state index contributed by atoms with van der Waals surface area (Å²) in [5.74, 6) is -0.961. The molecule has 5 rings (SSSR count). The number of hydrogen-bond donors (Lipinski definition) is 2. The Balaban J connectivity index is 1.64. The van der Waals surface area contributed by atoms with Gasteiger partial charge in [0.25, 0.3) is 5.91 Å². The molecule has 0 radical (unpaired) electrons. The Morgan fingerprint density at radius 1 is 1.07 bits per heavy atom. The summed E-state index contributed by atoms with van der Waals surface area (Å²) >= 11 is 13.0. The summed E-state index contributed by atoms with van der Waals surface area (Å²) in [4.78, 5) is 34.6. The first-order chi connectivity index (χ1) is 20.1. The molecular formula is C30H32Cl2N4O5S. The van der Waals surface area contributed by atoms with Gasteiger partial charge in [0.1, 0.15) is 11.4 Å². The molecule has 9 nitrogen and oxygen atoms in total. The van der Waals surface area contributed by atoms with Gasteiger partial charge in [0.05, 0.1) is 31.9 Å². The van der Waals surface area contributed by atoms with E-state index in [0.29, 0.717) is 51.0 Å². The third kappa shape index (κ3) is 6.27. The number of methoxy groups -OCH3 is 1. The topological polar surface area (TPSA) is 118 Å². The van der Waals surface area contributed by atoms with Crippen LogP contribution >= 0.6 is 23.2 Å². The summed E-state index contributed by atoms with van der Waals surface area (Å²) in [6, 6.07) is 13.6. The molecular weight excluding hydrogens is 599 g/mol. The molecule has 0 bridgehead atoms. The van der Waals surface area contributed by atoms with Gasteiger partial charge >= 0.3 is 0 Å². The Bertz CT molecular complexity index is 1600. The SMILES string of the molecule is COc1cccnc1CNC(=O)[C@@H]1c2ccccc2C(=O)N([C@H]2CCCC[C@@H]2NS(C)(=O)=O)[C@H]1c1ccc(Cl)cc1Cl. The molecule has 0 unspecified atom stereocenters. The van der Waals surface area contributed by atoms with Crippen molar-refractivity contribution in [2.75, 3.05) is 13.4 Å². The summed E-state index contributed by atoms with van der Waals surface area (Å²) in [6.45, 7) is 0.0955. The van der Waals surface area contributed by atoms with E-state index in [1.807, 2.05) is 0 Å². The average molecular weight is 632 g/mol. The van der Waals surface area contributed by atoms with Gasteiger partial charge in [-0.2, -0.15) is 0 Å². The molecule has 3 aromatic rings. The van der Waals surface area contributed by atoms with Crippen molar-refractivity contribution in [3.8, 4) is 5.75 Å². The van der Waals surface area contributed by atoms with Gasteiger partial charge in [-0.1, -0.05) is 60.3 Å². The number of halogens is 2. The van der Waals surface area contributed by atoms with Crippen molar-refractivity contribution in [1.29, 1.82) is 0 Å². The number of fused-ring (bicyclic) bond motifs is 1. The Morgan fingerprint density at radius 2 is 1.83 bits per heavy atom. The number of amides is 2. The van der Waals surface area contributed by atoms with Gasteiger partial charge < -0.3 is 15.0 Å². The van der Waals surface area contributed by atoms with Gasteiger partial charge in [0, 0.05) is 33.9 Å². The van der Waals surface area contributed by atoms with E-state index >= 15 is 0 Å². The molecule has 0 spiro atoms. The van der Waals surface area contributed by atoms with Crippen LogP contribution in [-0.2, 0) is 21.4 Å². The number of carbonyl (C=O) groups excluding carboxylic acids is 2. The smallest absolute Gasteiger partial charge is 0.255 e. The minimum atomic E-state index is -3.57. The van der Waals surface area contributed by atoms with Gasteiger partial charge in [-0.3, -0.25) is 14.6 Å². The first-order valence-corrected chi connectivity index (χ1v) is 16.3. The van der Waals surface area contributed by atoms with Crippen LogP contribution in [-0.4, -0.2) is 55.6 Å². The number of nitrogens with one attached hydrogen (secondary N) is 2. The maximum absolute atomic E-state index is 14.3. The zero-order valence-electron chi connectivity index (χ0n) is 23.2. The van der Waals surface area contributed by atoms with Crippen molar-refractivity contribution >= 4 is 45.0 Å². The largest absolute Gasteiger partial charge is 0.495 e. The Labute approximate surface area is 255 Å². The maximum Gasteiger partial charge on any atom is 0.255 e. The van der Waals surface area contributed by atoms with Crippen LogP contribution < -0.4 is 14.8 Å². The third-order valence-corrected chi connectivity index (χ3v) is 9.18. The molecule has 1 aliphatic heterocycles. The van der Waals surface area contributed by atoms with Gasteiger partial charge in [-0.25, -0.2) is 13.1 Å². The molecule has 2 N–H and O–H groups in total. The summed E-state index contributed by atoms with van der Waals surface area (Å²) in [6.07, 6.45) is 5.46. The summed E-state index contributed by atoms with van der Waals surface area (Å²) in [5, 5.41) is 3.72. The Morgan fingerprint density at radius 3 is 2.57 bits per heavy atom. The van der Waals surface area contributed by atoms with Crippen LogP contribution in [0.2, 0.25) is 10.0 Å². The predicted octanol–water partition coefficient (Wildman–Crippen LogP) is 4.85. The van der Waals surface area contributed by atoms with E-state index in [9.17, 15) is 18.0 Å². The van der Waals surface area contributed by atoms with Gasteiger partial charge in [0.2, 0.25) is 15.9 Å². The van der Waals surface area contributed by atoms with Crippen molar-refractivity contribution in [2.24, 2.45) is 0 Å². The number of sulfonamides is 1. The molecule has 42 heavy (non-hydrogen) atoms. The highest BCUT2D eigenvalue weighted by Crippen LogP contribution is 2.48. The van der Waals surface area contributed by atoms with E-state index in [1.54, 1.807) is 65.7 Å². The normalized spacial score (nSPS) is 22.4. The van der Waals surface area contributed by atoms with Crippen LogP contribution in [0.1, 0.15) is 64.8 Å². The van der Waals surface area contributed by atoms with E-state index in [1.165, 1.54) is 7.11 Å². The second kappa shape index (κ2) is 12.6. The van der Waals surface area contributed by atoms with Gasteiger partial charge in [-0.15, -0.1) is 0 Å². The highest BCUT2D eigenvalue weighted by Gasteiger charge is 2.49. The fourth-order valence-corrected chi connectivity index (χ4v) is 7.50. The van der Waals surface area contributed by atoms with Crippen molar-refractivity contribution in [3.05, 3.63) is 93.2 Å². The molecule has 12 heteroatoms. The fraction of sp³-hybridized carbons (Fsp3) is 0.367. The summed E-state index contributed by atoms with van der Waals surface area (Å²) < 4.78 is 32.9. The monoisotopic (exact) mass is 630 g/mol. The lowest BCUT2D eigenvalue weighted by Gasteiger charge is -2.49. The molecule has 2 amide bonds. The molecule has 1 saturated carbocycles. The molecule has 1 aromatic heterocycles. The molecule has 2 aliphatic rings. The number of hydrogen-bond acceptors (Lipinski definition) is 6. The number of carbonyl (C=O) groups is 2. The third-order valence-electron chi connectivity index (χ3n) is 7.89. The zero-order chi connectivity index (χ0) is 30.0. The van der Waals surface area contributed by atoms with Crippen LogP contribution in [0.5, 0.6) is 5.75 Å². The number of benzene rings is 2. The number of aromatic nitrogens is 1. The van der Waals surface area contributed by atoms with E-state index in [0.717, 1.165) is 19.1 Å². The predicted molar refractivity (Wildman–Crippen MR) is 161 cm³/mol. The van der Waals surface area contributed by atoms with Crippen LogP contribution in [0.25, 0.3) is 0 Å². The van der Waals surface area contributed by atoms with Crippen LogP contribution in [0.15, 0.2) is 60.8 Å². The van der Waals surface area contributed by atoms with Crippen LogP contribution in [0.3, 0.4) is 0 Å². The van der Waals surface area contributed by atoms with Gasteiger partial charge in [0.15, 0.2) is 0 Å². The number of nitrogens with zero attached hydrogens (tertiary/aromatic N) is 2. The van der Waals surface area contributed by atoms with Crippen molar-refractivity contribution in [2.45, 2.75) is 56.3 Å². The molecule has 222 valence electrons. The second-order valence-corrected chi connectivity index (χ2v) is 13.2. The Kier molecular flexibility index (Phi) is 9.08. The van der Waals surface area contributed by atoms with Crippen molar-refractivity contribution in [3.63, 3.8) is 0 Å². The molecule has 2 heterocycles. The fourth-order valence-electron chi connectivity index (χ4n) is 6.15. The first-order valence-electron chi connectivity index (χ1n) is 13.7.